The largest absolute Gasteiger partial charge is 0.490 e. The summed E-state index contributed by atoms with van der Waals surface area (Å²) in [4.78, 5) is 12.1. The second-order valence-electron chi connectivity index (χ2n) is 5.65. The first-order valence-electron chi connectivity index (χ1n) is 8.02. The van der Waals surface area contributed by atoms with E-state index in [1.54, 1.807) is 30.3 Å². The van der Waals surface area contributed by atoms with E-state index in [1.165, 1.54) is 25.4 Å². The number of amides is 1. The Labute approximate surface area is 159 Å². The van der Waals surface area contributed by atoms with Crippen molar-refractivity contribution in [2.75, 3.05) is 24.2 Å². The van der Waals surface area contributed by atoms with Crippen LogP contribution < -0.4 is 14.5 Å². The molecule has 0 fully saturated rings. The molecular formula is C19H21N3O4S. The van der Waals surface area contributed by atoms with Crippen molar-refractivity contribution in [2.45, 2.75) is 0 Å². The number of rotatable bonds is 8. The van der Waals surface area contributed by atoms with Crippen LogP contribution in [0.15, 0.2) is 66.3 Å². The van der Waals surface area contributed by atoms with Gasteiger partial charge in [0.25, 0.3) is 5.91 Å². The average molecular weight is 387 g/mol. The van der Waals surface area contributed by atoms with Crippen LogP contribution in [0.4, 0.5) is 5.69 Å². The SMILES string of the molecule is C=CCOc1ccc(/C=N\NC(=O)c2ccc(N(C)S(C)(=O)=O)cc2)cc1. The van der Waals surface area contributed by atoms with Crippen molar-refractivity contribution in [3.05, 3.63) is 72.3 Å². The van der Waals surface area contributed by atoms with E-state index in [9.17, 15) is 13.2 Å². The van der Waals surface area contributed by atoms with Gasteiger partial charge in [0.1, 0.15) is 12.4 Å². The fourth-order valence-corrected chi connectivity index (χ4v) is 2.55. The molecule has 0 atom stereocenters. The summed E-state index contributed by atoms with van der Waals surface area (Å²) in [5.74, 6) is 0.320. The Balaban J connectivity index is 1.95. The second-order valence-corrected chi connectivity index (χ2v) is 7.66. The van der Waals surface area contributed by atoms with Crippen molar-refractivity contribution < 1.29 is 17.9 Å². The predicted molar refractivity (Wildman–Crippen MR) is 107 cm³/mol. The minimum atomic E-state index is -3.35. The molecule has 1 amide bonds. The Kier molecular flexibility index (Phi) is 6.73. The second kappa shape index (κ2) is 9.00. The van der Waals surface area contributed by atoms with Crippen LogP contribution in [0.25, 0.3) is 0 Å². The van der Waals surface area contributed by atoms with Crippen molar-refractivity contribution in [3.63, 3.8) is 0 Å². The number of carbonyl (C=O) groups is 1. The molecule has 0 heterocycles. The summed E-state index contributed by atoms with van der Waals surface area (Å²) < 4.78 is 29.5. The summed E-state index contributed by atoms with van der Waals surface area (Å²) in [6.45, 7) is 4.02. The van der Waals surface area contributed by atoms with E-state index in [0.717, 1.165) is 21.9 Å². The lowest BCUT2D eigenvalue weighted by Crippen LogP contribution is -2.25. The summed E-state index contributed by atoms with van der Waals surface area (Å²) >= 11 is 0. The Morgan fingerprint density at radius 3 is 2.37 bits per heavy atom. The number of anilines is 1. The van der Waals surface area contributed by atoms with Gasteiger partial charge in [-0.2, -0.15) is 5.10 Å². The molecule has 2 rings (SSSR count). The lowest BCUT2D eigenvalue weighted by atomic mass is 10.2. The molecule has 0 unspecified atom stereocenters. The van der Waals surface area contributed by atoms with Gasteiger partial charge in [-0.25, -0.2) is 13.8 Å². The van der Waals surface area contributed by atoms with E-state index in [0.29, 0.717) is 17.9 Å². The van der Waals surface area contributed by atoms with E-state index in [-0.39, 0.29) is 0 Å². The van der Waals surface area contributed by atoms with Crippen LogP contribution in [0, 0.1) is 0 Å². The van der Waals surface area contributed by atoms with Crippen LogP contribution in [0.5, 0.6) is 5.75 Å². The first kappa shape index (κ1) is 20.2. The van der Waals surface area contributed by atoms with Crippen molar-refractivity contribution in [1.82, 2.24) is 5.43 Å². The molecule has 2 aromatic rings. The predicted octanol–water partition coefficient (Wildman–Crippen LogP) is 2.41. The summed E-state index contributed by atoms with van der Waals surface area (Å²) in [5, 5.41) is 3.92. The molecule has 8 heteroatoms. The first-order chi connectivity index (χ1) is 12.8. The van der Waals surface area contributed by atoms with Gasteiger partial charge in [0.15, 0.2) is 0 Å². The maximum Gasteiger partial charge on any atom is 0.271 e. The van der Waals surface area contributed by atoms with Crippen molar-refractivity contribution in [2.24, 2.45) is 5.10 Å². The Hall–Kier alpha value is -3.13. The molecule has 0 aromatic heterocycles. The van der Waals surface area contributed by atoms with Gasteiger partial charge in [-0.05, 0) is 54.1 Å². The van der Waals surface area contributed by atoms with E-state index in [2.05, 4.69) is 17.1 Å². The van der Waals surface area contributed by atoms with Crippen LogP contribution in [0.1, 0.15) is 15.9 Å². The standard InChI is InChI=1S/C19H21N3O4S/c1-4-13-26-18-11-5-15(6-12-18)14-20-21-19(23)16-7-9-17(10-8-16)22(2)27(3,24)25/h4-12,14H,1,13H2,2-3H3,(H,21,23)/b20-14-. The molecule has 0 aliphatic rings. The molecule has 0 spiro atoms. The van der Waals surface area contributed by atoms with Crippen molar-refractivity contribution in [3.8, 4) is 5.75 Å². The number of sulfonamides is 1. The Morgan fingerprint density at radius 2 is 1.81 bits per heavy atom. The molecule has 7 nitrogen and oxygen atoms in total. The van der Waals surface area contributed by atoms with Crippen molar-refractivity contribution in [1.29, 1.82) is 0 Å². The summed E-state index contributed by atoms with van der Waals surface area (Å²) in [6, 6.07) is 13.4. The number of nitrogens with zero attached hydrogens (tertiary/aromatic N) is 2. The molecule has 1 N–H and O–H groups in total. The zero-order valence-corrected chi connectivity index (χ0v) is 15.9. The number of hydrogen-bond donors (Lipinski definition) is 1. The lowest BCUT2D eigenvalue weighted by molar-refractivity contribution is 0.0955. The molecule has 142 valence electrons. The third-order valence-corrected chi connectivity index (χ3v) is 4.82. The minimum absolute atomic E-state index is 0.367. The van der Waals surface area contributed by atoms with Crippen LogP contribution >= 0.6 is 0 Å². The van der Waals surface area contributed by atoms with Crippen molar-refractivity contribution >= 4 is 27.8 Å². The number of benzene rings is 2. The maximum atomic E-state index is 12.1. The molecule has 0 saturated heterocycles. The molecule has 0 bridgehead atoms. The van der Waals surface area contributed by atoms with E-state index in [4.69, 9.17) is 4.74 Å². The van der Waals surface area contributed by atoms with Gasteiger partial charge in [-0.15, -0.1) is 0 Å². The molecule has 27 heavy (non-hydrogen) atoms. The highest BCUT2D eigenvalue weighted by Gasteiger charge is 2.12. The Morgan fingerprint density at radius 1 is 1.19 bits per heavy atom. The van der Waals surface area contributed by atoms with Crippen LogP contribution in [-0.4, -0.2) is 40.4 Å². The molecule has 0 radical (unpaired) electrons. The molecular weight excluding hydrogens is 366 g/mol. The van der Waals surface area contributed by atoms with Gasteiger partial charge in [0.05, 0.1) is 18.2 Å². The topological polar surface area (TPSA) is 88.1 Å². The zero-order chi connectivity index (χ0) is 19.9. The van der Waals surface area contributed by atoms with E-state index in [1.807, 2.05) is 12.1 Å². The third-order valence-electron chi connectivity index (χ3n) is 3.62. The highest BCUT2D eigenvalue weighted by atomic mass is 32.2. The highest BCUT2D eigenvalue weighted by Crippen LogP contribution is 2.16. The monoisotopic (exact) mass is 387 g/mol. The quantitative estimate of drug-likeness (QED) is 0.428. The lowest BCUT2D eigenvalue weighted by Gasteiger charge is -2.16. The van der Waals surface area contributed by atoms with Gasteiger partial charge in [0.2, 0.25) is 10.0 Å². The van der Waals surface area contributed by atoms with E-state index >= 15 is 0 Å². The van der Waals surface area contributed by atoms with Crippen LogP contribution in [-0.2, 0) is 10.0 Å². The molecule has 0 saturated carbocycles. The normalized spacial score (nSPS) is 11.2. The minimum Gasteiger partial charge on any atom is -0.490 e. The first-order valence-corrected chi connectivity index (χ1v) is 9.87. The number of carbonyl (C=O) groups excluding carboxylic acids is 1. The highest BCUT2D eigenvalue weighted by molar-refractivity contribution is 7.92. The Bertz CT molecular complexity index is 920. The fraction of sp³-hybridized carbons (Fsp3) is 0.158. The van der Waals surface area contributed by atoms with Gasteiger partial charge in [-0.1, -0.05) is 12.7 Å². The molecule has 2 aromatic carbocycles. The summed E-state index contributed by atoms with van der Waals surface area (Å²) in [5.41, 5.74) is 4.06. The third kappa shape index (κ3) is 5.96. The summed E-state index contributed by atoms with van der Waals surface area (Å²) in [6.07, 6.45) is 4.29. The van der Waals surface area contributed by atoms with Crippen LogP contribution in [0.3, 0.4) is 0 Å². The maximum absolute atomic E-state index is 12.1. The van der Waals surface area contributed by atoms with Gasteiger partial charge < -0.3 is 4.74 Å². The number of hydrogen-bond acceptors (Lipinski definition) is 5. The van der Waals surface area contributed by atoms with Gasteiger partial charge in [0, 0.05) is 12.6 Å². The fourth-order valence-electron chi connectivity index (χ4n) is 2.05. The number of nitrogens with one attached hydrogen (secondary N) is 1. The molecule has 0 aliphatic carbocycles. The number of hydrazone groups is 1. The number of ether oxygens (including phenoxy) is 1. The zero-order valence-electron chi connectivity index (χ0n) is 15.1. The average Bonchev–Trinajstić information content (AvgIpc) is 2.66. The van der Waals surface area contributed by atoms with Crippen LogP contribution in [0.2, 0.25) is 0 Å². The summed E-state index contributed by atoms with van der Waals surface area (Å²) in [7, 11) is -1.90. The molecule has 0 aliphatic heterocycles. The smallest absolute Gasteiger partial charge is 0.271 e. The van der Waals surface area contributed by atoms with Gasteiger partial charge in [-0.3, -0.25) is 9.10 Å². The van der Waals surface area contributed by atoms with Gasteiger partial charge >= 0.3 is 0 Å². The van der Waals surface area contributed by atoms with E-state index < -0.39 is 15.9 Å².